The number of likely N-dealkylation sites (tertiary alicyclic amines) is 1. The molecule has 1 amide bonds. The number of thiazole rings is 1. The van der Waals surface area contributed by atoms with Crippen LogP contribution in [0.1, 0.15) is 40.7 Å². The summed E-state index contributed by atoms with van der Waals surface area (Å²) in [6.07, 6.45) is 2.70. The number of carbonyl (C=O) groups excluding carboxylic acids is 1. The van der Waals surface area contributed by atoms with Crippen molar-refractivity contribution in [3.63, 3.8) is 0 Å². The van der Waals surface area contributed by atoms with Crippen molar-refractivity contribution >= 4 is 17.2 Å². The predicted molar refractivity (Wildman–Crippen MR) is 99.8 cm³/mol. The van der Waals surface area contributed by atoms with Gasteiger partial charge in [0, 0.05) is 24.6 Å². The average molecular weight is 356 g/mol. The van der Waals surface area contributed by atoms with Crippen molar-refractivity contribution in [3.05, 3.63) is 40.4 Å². The largest absolute Gasteiger partial charge is 0.393 e. The molecule has 4 nitrogen and oxygen atoms in total. The molecule has 2 aromatic rings. The fourth-order valence-electron chi connectivity index (χ4n) is 4.15. The standard InChI is InChI=1S/C20H24N2O2S/c1-3-13-4-6-14(7-5-13)19-21-12(2)18(25-19)20(24)22-10-15-8-9-17(23)16(15)11-22/h4-7,15-17,23H,3,8-11H2,1-2H3/t15-,16+,17-/m0/s1. The maximum absolute atomic E-state index is 13.0. The minimum atomic E-state index is -0.238. The molecule has 1 aromatic heterocycles. The van der Waals surface area contributed by atoms with Gasteiger partial charge in [0.1, 0.15) is 9.88 Å². The monoisotopic (exact) mass is 356 g/mol. The van der Waals surface area contributed by atoms with E-state index in [1.54, 1.807) is 0 Å². The number of amides is 1. The van der Waals surface area contributed by atoms with Crippen LogP contribution in [0.2, 0.25) is 0 Å². The highest BCUT2D eigenvalue weighted by Crippen LogP contribution is 2.39. The highest BCUT2D eigenvalue weighted by molar-refractivity contribution is 7.17. The Hall–Kier alpha value is -1.72. The van der Waals surface area contributed by atoms with Gasteiger partial charge >= 0.3 is 0 Å². The molecule has 3 atom stereocenters. The van der Waals surface area contributed by atoms with Crippen molar-refractivity contribution in [2.24, 2.45) is 11.8 Å². The number of hydrogen-bond acceptors (Lipinski definition) is 4. The van der Waals surface area contributed by atoms with Crippen LogP contribution in [0.3, 0.4) is 0 Å². The summed E-state index contributed by atoms with van der Waals surface area (Å²) < 4.78 is 0. The van der Waals surface area contributed by atoms with Gasteiger partial charge < -0.3 is 10.0 Å². The second-order valence-electron chi connectivity index (χ2n) is 7.26. The molecule has 1 saturated carbocycles. The number of aliphatic hydroxyl groups excluding tert-OH is 1. The van der Waals surface area contributed by atoms with Gasteiger partial charge in [0.2, 0.25) is 0 Å². The van der Waals surface area contributed by atoms with E-state index < -0.39 is 0 Å². The average Bonchev–Trinajstić information content (AvgIpc) is 3.31. The minimum absolute atomic E-state index is 0.0769. The molecule has 2 fully saturated rings. The van der Waals surface area contributed by atoms with Gasteiger partial charge in [0.15, 0.2) is 0 Å². The number of fused-ring (bicyclic) bond motifs is 1. The number of aromatic nitrogens is 1. The Labute approximate surface area is 152 Å². The zero-order chi connectivity index (χ0) is 17.6. The summed E-state index contributed by atoms with van der Waals surface area (Å²) in [6.45, 7) is 5.52. The van der Waals surface area contributed by atoms with E-state index in [0.717, 1.165) is 46.9 Å². The molecular weight excluding hydrogens is 332 g/mol. The summed E-state index contributed by atoms with van der Waals surface area (Å²) >= 11 is 1.49. The molecule has 0 spiro atoms. The Morgan fingerprint density at radius 1 is 1.28 bits per heavy atom. The first-order valence-corrected chi connectivity index (χ1v) is 9.92. The van der Waals surface area contributed by atoms with E-state index in [9.17, 15) is 9.90 Å². The summed E-state index contributed by atoms with van der Waals surface area (Å²) in [7, 11) is 0. The molecule has 1 N–H and O–H groups in total. The lowest BCUT2D eigenvalue weighted by molar-refractivity contribution is 0.0756. The van der Waals surface area contributed by atoms with Crippen molar-refractivity contribution in [2.45, 2.75) is 39.2 Å². The fraction of sp³-hybridized carbons (Fsp3) is 0.500. The third kappa shape index (κ3) is 3.00. The Bertz CT molecular complexity index is 783. The van der Waals surface area contributed by atoms with E-state index in [0.29, 0.717) is 12.5 Å². The van der Waals surface area contributed by atoms with Crippen molar-refractivity contribution in [1.82, 2.24) is 9.88 Å². The first-order chi connectivity index (χ1) is 12.1. The highest BCUT2D eigenvalue weighted by Gasteiger charge is 2.43. The third-order valence-electron chi connectivity index (χ3n) is 5.71. The fourth-order valence-corrected chi connectivity index (χ4v) is 5.19. The second kappa shape index (κ2) is 6.54. The Balaban J connectivity index is 1.55. The lowest BCUT2D eigenvalue weighted by Crippen LogP contribution is -2.30. The lowest BCUT2D eigenvalue weighted by Gasteiger charge is -2.17. The summed E-state index contributed by atoms with van der Waals surface area (Å²) in [6, 6.07) is 8.41. The van der Waals surface area contributed by atoms with Crippen LogP contribution in [0.25, 0.3) is 10.6 Å². The van der Waals surface area contributed by atoms with Crippen molar-refractivity contribution in [1.29, 1.82) is 0 Å². The van der Waals surface area contributed by atoms with Gasteiger partial charge in [-0.2, -0.15) is 0 Å². The number of benzene rings is 1. The third-order valence-corrected chi connectivity index (χ3v) is 6.90. The Morgan fingerprint density at radius 3 is 2.72 bits per heavy atom. The zero-order valence-electron chi connectivity index (χ0n) is 14.7. The van der Waals surface area contributed by atoms with Crippen molar-refractivity contribution in [3.8, 4) is 10.6 Å². The highest BCUT2D eigenvalue weighted by atomic mass is 32.1. The minimum Gasteiger partial charge on any atom is -0.393 e. The maximum atomic E-state index is 13.0. The Kier molecular flexibility index (Phi) is 4.38. The summed E-state index contributed by atoms with van der Waals surface area (Å²) in [5, 5.41) is 11.0. The van der Waals surface area contributed by atoms with Gasteiger partial charge in [-0.1, -0.05) is 31.2 Å². The molecule has 1 aliphatic heterocycles. The van der Waals surface area contributed by atoms with Gasteiger partial charge in [-0.3, -0.25) is 4.79 Å². The lowest BCUT2D eigenvalue weighted by atomic mass is 10.00. The molecule has 1 saturated heterocycles. The molecular formula is C20H24N2O2S. The second-order valence-corrected chi connectivity index (χ2v) is 8.26. The van der Waals surface area contributed by atoms with Crippen LogP contribution in [0.5, 0.6) is 0 Å². The van der Waals surface area contributed by atoms with Crippen molar-refractivity contribution < 1.29 is 9.90 Å². The molecule has 0 bridgehead atoms. The smallest absolute Gasteiger partial charge is 0.265 e. The van der Waals surface area contributed by atoms with Crippen LogP contribution >= 0.6 is 11.3 Å². The molecule has 1 aliphatic carbocycles. The summed E-state index contributed by atoms with van der Waals surface area (Å²) in [5.41, 5.74) is 3.18. The number of aliphatic hydroxyl groups is 1. The first kappa shape index (κ1) is 16.7. The van der Waals surface area contributed by atoms with E-state index in [2.05, 4.69) is 36.2 Å². The molecule has 0 radical (unpaired) electrons. The molecule has 2 aliphatic rings. The Morgan fingerprint density at radius 2 is 2.04 bits per heavy atom. The van der Waals surface area contributed by atoms with E-state index >= 15 is 0 Å². The quantitative estimate of drug-likeness (QED) is 0.915. The zero-order valence-corrected chi connectivity index (χ0v) is 15.6. The number of rotatable bonds is 3. The molecule has 132 valence electrons. The number of nitrogens with zero attached hydrogens (tertiary/aromatic N) is 2. The SMILES string of the molecule is CCc1ccc(-c2nc(C)c(C(=O)N3C[C@@H]4CC[C@H](O)[C@@H]4C3)s2)cc1. The van der Waals surface area contributed by atoms with Gasteiger partial charge in [-0.15, -0.1) is 11.3 Å². The molecule has 1 aromatic carbocycles. The van der Waals surface area contributed by atoms with E-state index in [-0.39, 0.29) is 17.9 Å². The van der Waals surface area contributed by atoms with Crippen LogP contribution in [-0.2, 0) is 6.42 Å². The van der Waals surface area contributed by atoms with Crippen LogP contribution in [0.4, 0.5) is 0 Å². The summed E-state index contributed by atoms with van der Waals surface area (Å²) in [4.78, 5) is 20.3. The predicted octanol–water partition coefficient (Wildman–Crippen LogP) is 3.52. The molecule has 4 rings (SSSR count). The first-order valence-electron chi connectivity index (χ1n) is 9.11. The van der Waals surface area contributed by atoms with E-state index in [4.69, 9.17) is 0 Å². The van der Waals surface area contributed by atoms with Crippen LogP contribution in [0, 0.1) is 18.8 Å². The van der Waals surface area contributed by atoms with Crippen LogP contribution in [-0.4, -0.2) is 40.1 Å². The maximum Gasteiger partial charge on any atom is 0.265 e. The van der Waals surface area contributed by atoms with Gasteiger partial charge in [0.05, 0.1) is 11.8 Å². The molecule has 25 heavy (non-hydrogen) atoms. The molecule has 0 unspecified atom stereocenters. The van der Waals surface area contributed by atoms with E-state index in [1.165, 1.54) is 16.9 Å². The van der Waals surface area contributed by atoms with Gasteiger partial charge in [0.25, 0.3) is 5.91 Å². The summed E-state index contributed by atoms with van der Waals surface area (Å²) in [5.74, 6) is 0.805. The molecule has 5 heteroatoms. The normalized spacial score (nSPS) is 25.4. The topological polar surface area (TPSA) is 53.4 Å². The number of hydrogen-bond donors (Lipinski definition) is 1. The van der Waals surface area contributed by atoms with Crippen LogP contribution in [0.15, 0.2) is 24.3 Å². The van der Waals surface area contributed by atoms with Crippen molar-refractivity contribution in [2.75, 3.05) is 13.1 Å². The van der Waals surface area contributed by atoms with E-state index in [1.807, 2.05) is 11.8 Å². The number of carbonyl (C=O) groups is 1. The number of aryl methyl sites for hydroxylation is 2. The van der Waals surface area contributed by atoms with Gasteiger partial charge in [-0.05, 0) is 37.7 Å². The van der Waals surface area contributed by atoms with Gasteiger partial charge in [-0.25, -0.2) is 4.98 Å². The van der Waals surface area contributed by atoms with Crippen LogP contribution < -0.4 is 0 Å². The molecule has 2 heterocycles.